The minimum atomic E-state index is -1.43. The highest BCUT2D eigenvalue weighted by atomic mass is 17.3. The maximum absolute atomic E-state index is 12.4. The van der Waals surface area contributed by atoms with Crippen molar-refractivity contribution in [3.63, 3.8) is 0 Å². The summed E-state index contributed by atoms with van der Waals surface area (Å²) in [5.41, 5.74) is -1.60. The molecule has 1 unspecified atom stereocenters. The van der Waals surface area contributed by atoms with E-state index in [0.29, 0.717) is 19.8 Å². The van der Waals surface area contributed by atoms with Crippen molar-refractivity contribution in [2.24, 2.45) is 5.41 Å². The van der Waals surface area contributed by atoms with Gasteiger partial charge in [0, 0.05) is 32.2 Å². The second kappa shape index (κ2) is 8.08. The fraction of sp³-hybridized carbons (Fsp3) is 0.933. The topological polar surface area (TPSA) is 63.2 Å². The van der Waals surface area contributed by atoms with Crippen LogP contribution in [0.25, 0.3) is 0 Å². The number of hydrogen-bond acceptors (Lipinski definition) is 6. The van der Waals surface area contributed by atoms with Crippen molar-refractivity contribution < 1.29 is 28.8 Å². The van der Waals surface area contributed by atoms with Gasteiger partial charge in [-0.05, 0) is 27.7 Å². The Kier molecular flexibility index (Phi) is 7.81. The third-order valence-electron chi connectivity index (χ3n) is 3.34. The summed E-state index contributed by atoms with van der Waals surface area (Å²) in [6.45, 7) is 15.4. The molecule has 0 aromatic heterocycles. The Morgan fingerprint density at radius 2 is 1.24 bits per heavy atom. The highest BCUT2D eigenvalue weighted by Gasteiger charge is 2.48. The normalized spacial score (nSPS) is 15.6. The predicted molar refractivity (Wildman–Crippen MR) is 78.3 cm³/mol. The van der Waals surface area contributed by atoms with Gasteiger partial charge in [0.25, 0.3) is 0 Å². The largest absolute Gasteiger partial charge is 0.374 e. The summed E-state index contributed by atoms with van der Waals surface area (Å²) in [7, 11) is 0. The van der Waals surface area contributed by atoms with Crippen LogP contribution in [-0.2, 0) is 28.8 Å². The van der Waals surface area contributed by atoms with E-state index in [-0.39, 0.29) is 0 Å². The van der Waals surface area contributed by atoms with Gasteiger partial charge in [-0.15, -0.1) is 4.89 Å². The Hall–Kier alpha value is -0.690. The first-order chi connectivity index (χ1) is 9.56. The van der Waals surface area contributed by atoms with Crippen molar-refractivity contribution in [2.45, 2.75) is 67.0 Å². The molecule has 6 heteroatoms. The average molecular weight is 306 g/mol. The molecule has 0 saturated heterocycles. The zero-order valence-electron chi connectivity index (χ0n) is 14.6. The minimum absolute atomic E-state index is 0.357. The fourth-order valence-electron chi connectivity index (χ4n) is 1.68. The number of hydrogen-bond donors (Lipinski definition) is 0. The number of ether oxygens (including phenoxy) is 3. The first kappa shape index (κ1) is 20.3. The average Bonchev–Trinajstić information content (AvgIpc) is 2.35. The molecule has 0 radical (unpaired) electrons. The van der Waals surface area contributed by atoms with Gasteiger partial charge >= 0.3 is 11.9 Å². The zero-order chi connectivity index (χ0) is 16.7. The minimum Gasteiger partial charge on any atom is -0.363 e. The third-order valence-corrected chi connectivity index (χ3v) is 3.34. The molecule has 0 aliphatic rings. The summed E-state index contributed by atoms with van der Waals surface area (Å²) in [6.07, 6.45) is 0. The summed E-state index contributed by atoms with van der Waals surface area (Å²) >= 11 is 0. The van der Waals surface area contributed by atoms with E-state index in [1.165, 1.54) is 0 Å². The monoisotopic (exact) mass is 306 g/mol. The van der Waals surface area contributed by atoms with Crippen LogP contribution < -0.4 is 0 Å². The first-order valence-corrected chi connectivity index (χ1v) is 7.38. The second-order valence-corrected chi connectivity index (χ2v) is 5.90. The smallest absolute Gasteiger partial charge is 0.363 e. The zero-order valence-corrected chi connectivity index (χ0v) is 14.6. The Balaban J connectivity index is 4.92. The van der Waals surface area contributed by atoms with E-state index in [2.05, 4.69) is 0 Å². The maximum atomic E-state index is 12.4. The lowest BCUT2D eigenvalue weighted by atomic mass is 9.77. The van der Waals surface area contributed by atoms with Crippen LogP contribution in [0.1, 0.15) is 55.4 Å². The van der Waals surface area contributed by atoms with Crippen molar-refractivity contribution >= 4 is 5.97 Å². The van der Waals surface area contributed by atoms with E-state index < -0.39 is 23.0 Å². The molecule has 0 aromatic carbocycles. The van der Waals surface area contributed by atoms with Gasteiger partial charge in [0.05, 0.1) is 0 Å². The van der Waals surface area contributed by atoms with Gasteiger partial charge in [-0.25, -0.2) is 4.79 Å². The third kappa shape index (κ3) is 5.54. The highest BCUT2D eigenvalue weighted by molar-refractivity contribution is 5.79. The molecule has 0 rings (SSSR count). The lowest BCUT2D eigenvalue weighted by Gasteiger charge is -2.38. The summed E-state index contributed by atoms with van der Waals surface area (Å²) < 4.78 is 16.2. The van der Waals surface area contributed by atoms with Crippen LogP contribution in [0.15, 0.2) is 0 Å². The van der Waals surface area contributed by atoms with Gasteiger partial charge < -0.3 is 14.2 Å². The molecule has 0 bridgehead atoms. The Morgan fingerprint density at radius 1 is 0.810 bits per heavy atom. The maximum Gasteiger partial charge on any atom is 0.374 e. The Bertz CT molecular complexity index is 317. The standard InChI is InChI=1S/C15H30O6/c1-9-17-14(7,13(4,5)6)12(16)20-21-15(8,18-10-2)19-11-3/h9-11H2,1-8H3. The fourth-order valence-corrected chi connectivity index (χ4v) is 1.68. The molecular formula is C15H30O6. The highest BCUT2D eigenvalue weighted by Crippen LogP contribution is 2.35. The van der Waals surface area contributed by atoms with Crippen LogP contribution in [0.3, 0.4) is 0 Å². The summed E-state index contributed by atoms with van der Waals surface area (Å²) in [4.78, 5) is 22.4. The van der Waals surface area contributed by atoms with Gasteiger partial charge in [-0.3, -0.25) is 4.89 Å². The van der Waals surface area contributed by atoms with Crippen LogP contribution >= 0.6 is 0 Å². The molecule has 0 saturated carbocycles. The molecule has 0 amide bonds. The van der Waals surface area contributed by atoms with Gasteiger partial charge in [-0.2, -0.15) is 0 Å². The second-order valence-electron chi connectivity index (χ2n) is 5.90. The van der Waals surface area contributed by atoms with Crippen molar-refractivity contribution in [3.05, 3.63) is 0 Å². The van der Waals surface area contributed by atoms with Crippen molar-refractivity contribution in [3.8, 4) is 0 Å². The number of carbonyl (C=O) groups excluding carboxylic acids is 1. The van der Waals surface area contributed by atoms with Gasteiger partial charge in [-0.1, -0.05) is 20.8 Å². The van der Waals surface area contributed by atoms with E-state index in [9.17, 15) is 4.79 Å². The van der Waals surface area contributed by atoms with E-state index in [4.69, 9.17) is 24.0 Å². The number of carbonyl (C=O) groups is 1. The molecule has 0 aliphatic carbocycles. The van der Waals surface area contributed by atoms with Crippen LogP contribution in [0.2, 0.25) is 0 Å². The van der Waals surface area contributed by atoms with E-state index in [1.807, 2.05) is 27.7 Å². The Labute approximate surface area is 128 Å². The molecule has 0 N–H and O–H groups in total. The molecular weight excluding hydrogens is 276 g/mol. The SMILES string of the molecule is CCOC(C)(OCC)OOC(=O)C(C)(OCC)C(C)(C)C. The van der Waals surface area contributed by atoms with Gasteiger partial charge in [0.2, 0.25) is 0 Å². The van der Waals surface area contributed by atoms with Crippen LogP contribution in [0.4, 0.5) is 0 Å². The van der Waals surface area contributed by atoms with Gasteiger partial charge in [0.15, 0.2) is 5.60 Å². The lowest BCUT2D eigenvalue weighted by molar-refractivity contribution is -0.482. The molecule has 6 nitrogen and oxygen atoms in total. The van der Waals surface area contributed by atoms with Crippen LogP contribution in [0.5, 0.6) is 0 Å². The molecule has 126 valence electrons. The van der Waals surface area contributed by atoms with E-state index in [1.54, 1.807) is 27.7 Å². The molecule has 1 atom stereocenters. The van der Waals surface area contributed by atoms with Crippen molar-refractivity contribution in [1.29, 1.82) is 0 Å². The molecule has 0 aromatic rings. The van der Waals surface area contributed by atoms with Crippen molar-refractivity contribution in [1.82, 2.24) is 0 Å². The van der Waals surface area contributed by atoms with Gasteiger partial charge in [0.1, 0.15) is 0 Å². The Morgan fingerprint density at radius 3 is 1.57 bits per heavy atom. The summed E-state index contributed by atoms with van der Waals surface area (Å²) in [5.74, 6) is -2.05. The summed E-state index contributed by atoms with van der Waals surface area (Å²) in [6, 6.07) is 0. The summed E-state index contributed by atoms with van der Waals surface area (Å²) in [5, 5.41) is 0. The van der Waals surface area contributed by atoms with Crippen molar-refractivity contribution in [2.75, 3.05) is 19.8 Å². The molecule has 0 spiro atoms. The van der Waals surface area contributed by atoms with E-state index in [0.717, 1.165) is 0 Å². The molecule has 0 heterocycles. The number of rotatable bonds is 9. The van der Waals surface area contributed by atoms with Crippen LogP contribution in [-0.4, -0.2) is 37.4 Å². The lowest BCUT2D eigenvalue weighted by Crippen LogP contribution is -2.51. The predicted octanol–water partition coefficient (Wildman–Crippen LogP) is 3.05. The van der Waals surface area contributed by atoms with Crippen LogP contribution in [0, 0.1) is 5.41 Å². The van der Waals surface area contributed by atoms with E-state index >= 15 is 0 Å². The molecule has 0 aliphatic heterocycles. The molecule has 21 heavy (non-hydrogen) atoms. The quantitative estimate of drug-likeness (QED) is 0.370. The first-order valence-electron chi connectivity index (χ1n) is 7.38. The molecule has 0 fully saturated rings.